The molecule has 0 radical (unpaired) electrons. The molecule has 124 valence electrons. The van der Waals surface area contributed by atoms with Crippen LogP contribution in [0, 0.1) is 0 Å². The number of methoxy groups -OCH3 is 1. The van der Waals surface area contributed by atoms with E-state index in [1.807, 2.05) is 0 Å². The zero-order valence-corrected chi connectivity index (χ0v) is 14.2. The monoisotopic (exact) mass is 341 g/mol. The Bertz CT molecular complexity index is 893. The molecule has 3 rings (SSSR count). The third kappa shape index (κ3) is 3.48. The number of hydrogen-bond acceptors (Lipinski definition) is 3. The molecule has 1 aliphatic carbocycles. The standard InChI is InChI=1S/C19H19NO3S/c1-23-13-14-5-7-15(8-6-14)18-3-2-4-19(18)16-9-11-17(12-10-16)24(20,21)22/h3-12H,2,13H2,1H3,(H2,20,21,22). The summed E-state index contributed by atoms with van der Waals surface area (Å²) in [6, 6.07) is 15.0. The Balaban J connectivity index is 1.88. The van der Waals surface area contributed by atoms with Crippen molar-refractivity contribution in [1.82, 2.24) is 0 Å². The lowest BCUT2D eigenvalue weighted by molar-refractivity contribution is 0.185. The molecule has 0 heterocycles. The molecule has 24 heavy (non-hydrogen) atoms. The average molecular weight is 341 g/mol. The Kier molecular flexibility index (Phi) is 4.66. The van der Waals surface area contributed by atoms with Crippen LogP contribution in [0.15, 0.2) is 65.6 Å². The van der Waals surface area contributed by atoms with Crippen molar-refractivity contribution in [2.45, 2.75) is 17.9 Å². The van der Waals surface area contributed by atoms with Crippen LogP contribution in [0.2, 0.25) is 0 Å². The molecular weight excluding hydrogens is 322 g/mol. The van der Waals surface area contributed by atoms with Crippen molar-refractivity contribution >= 4 is 21.2 Å². The maximum Gasteiger partial charge on any atom is 0.238 e. The van der Waals surface area contributed by atoms with Crippen LogP contribution in [0.25, 0.3) is 11.1 Å². The summed E-state index contributed by atoms with van der Waals surface area (Å²) in [4.78, 5) is 0.124. The Labute approximate surface area is 142 Å². The number of primary sulfonamides is 1. The van der Waals surface area contributed by atoms with Crippen molar-refractivity contribution in [1.29, 1.82) is 0 Å². The molecule has 0 aromatic heterocycles. The van der Waals surface area contributed by atoms with E-state index in [4.69, 9.17) is 9.88 Å². The van der Waals surface area contributed by atoms with Crippen LogP contribution < -0.4 is 5.14 Å². The number of nitrogens with two attached hydrogens (primary N) is 1. The summed E-state index contributed by atoms with van der Waals surface area (Å²) in [5, 5.41) is 5.15. The first kappa shape index (κ1) is 16.6. The molecule has 0 aliphatic heterocycles. The molecular formula is C19H19NO3S. The minimum Gasteiger partial charge on any atom is -0.380 e. The van der Waals surface area contributed by atoms with Crippen molar-refractivity contribution in [3.8, 4) is 0 Å². The van der Waals surface area contributed by atoms with Crippen molar-refractivity contribution in [2.75, 3.05) is 7.11 Å². The van der Waals surface area contributed by atoms with Gasteiger partial charge in [-0.25, -0.2) is 13.6 Å². The first-order chi connectivity index (χ1) is 11.5. The lowest BCUT2D eigenvalue weighted by atomic mass is 9.94. The molecule has 1 aliphatic rings. The largest absolute Gasteiger partial charge is 0.380 e. The van der Waals surface area contributed by atoms with Crippen LogP contribution in [0.4, 0.5) is 0 Å². The highest BCUT2D eigenvalue weighted by Crippen LogP contribution is 2.36. The smallest absolute Gasteiger partial charge is 0.238 e. The molecule has 0 saturated heterocycles. The number of hydrogen-bond donors (Lipinski definition) is 1. The highest BCUT2D eigenvalue weighted by atomic mass is 32.2. The maximum atomic E-state index is 11.4. The second-order valence-corrected chi connectivity index (χ2v) is 7.23. The third-order valence-corrected chi connectivity index (χ3v) is 4.93. The van der Waals surface area contributed by atoms with E-state index in [1.54, 1.807) is 31.4 Å². The summed E-state index contributed by atoms with van der Waals surface area (Å²) < 4.78 is 27.9. The topological polar surface area (TPSA) is 69.4 Å². The molecule has 0 unspecified atom stereocenters. The van der Waals surface area contributed by atoms with Gasteiger partial charge in [0, 0.05) is 7.11 Å². The van der Waals surface area contributed by atoms with Gasteiger partial charge in [0.25, 0.3) is 0 Å². The molecule has 0 atom stereocenters. The Morgan fingerprint density at radius 3 is 1.88 bits per heavy atom. The average Bonchev–Trinajstić information content (AvgIpc) is 3.05. The van der Waals surface area contributed by atoms with Crippen molar-refractivity contribution < 1.29 is 13.2 Å². The second-order valence-electron chi connectivity index (χ2n) is 5.67. The molecule has 2 aromatic rings. The van der Waals surface area contributed by atoms with Gasteiger partial charge >= 0.3 is 0 Å². The van der Waals surface area contributed by atoms with Crippen LogP contribution in [-0.4, -0.2) is 15.5 Å². The van der Waals surface area contributed by atoms with E-state index < -0.39 is 10.0 Å². The molecule has 0 spiro atoms. The van der Waals surface area contributed by atoms with E-state index in [2.05, 4.69) is 36.4 Å². The summed E-state index contributed by atoms with van der Waals surface area (Å²) in [5.41, 5.74) is 5.50. The zero-order chi connectivity index (χ0) is 17.2. The number of allylic oxidation sites excluding steroid dienone is 4. The van der Waals surface area contributed by atoms with Crippen LogP contribution >= 0.6 is 0 Å². The molecule has 0 fully saturated rings. The number of ether oxygens (including phenoxy) is 1. The van der Waals surface area contributed by atoms with E-state index in [-0.39, 0.29) is 4.90 Å². The molecule has 0 bridgehead atoms. The first-order valence-corrected chi connectivity index (χ1v) is 9.16. The Morgan fingerprint density at radius 1 is 0.917 bits per heavy atom. The highest BCUT2D eigenvalue weighted by molar-refractivity contribution is 7.89. The fourth-order valence-electron chi connectivity index (χ4n) is 2.83. The molecule has 5 heteroatoms. The van der Waals surface area contributed by atoms with Gasteiger partial charge < -0.3 is 4.74 Å². The summed E-state index contributed by atoms with van der Waals surface area (Å²) in [6.07, 6.45) is 5.18. The SMILES string of the molecule is COCc1ccc(C2=CCC=C2c2ccc(S(N)(=O)=O)cc2)cc1. The molecule has 4 nitrogen and oxygen atoms in total. The summed E-state index contributed by atoms with van der Waals surface area (Å²) >= 11 is 0. The van der Waals surface area contributed by atoms with Crippen molar-refractivity contribution in [3.63, 3.8) is 0 Å². The van der Waals surface area contributed by atoms with Gasteiger partial charge in [-0.2, -0.15) is 0 Å². The molecule has 2 N–H and O–H groups in total. The lowest BCUT2D eigenvalue weighted by Gasteiger charge is -2.11. The lowest BCUT2D eigenvalue weighted by Crippen LogP contribution is -2.11. The van der Waals surface area contributed by atoms with Gasteiger partial charge in [-0.05, 0) is 46.4 Å². The summed E-state index contributed by atoms with van der Waals surface area (Å²) in [7, 11) is -1.98. The number of benzene rings is 2. The minimum atomic E-state index is -3.66. The third-order valence-electron chi connectivity index (χ3n) is 4.00. The zero-order valence-electron chi connectivity index (χ0n) is 13.4. The predicted molar refractivity (Wildman–Crippen MR) is 95.5 cm³/mol. The molecule has 2 aromatic carbocycles. The van der Waals surface area contributed by atoms with Crippen molar-refractivity contribution in [2.24, 2.45) is 5.14 Å². The van der Waals surface area contributed by atoms with Gasteiger partial charge in [0.15, 0.2) is 0 Å². The van der Waals surface area contributed by atoms with Gasteiger partial charge in [-0.1, -0.05) is 48.6 Å². The van der Waals surface area contributed by atoms with Crippen LogP contribution in [0.3, 0.4) is 0 Å². The number of sulfonamides is 1. The van der Waals surface area contributed by atoms with Gasteiger partial charge in [-0.3, -0.25) is 0 Å². The minimum absolute atomic E-state index is 0.124. The highest BCUT2D eigenvalue weighted by Gasteiger charge is 2.15. The van der Waals surface area contributed by atoms with E-state index in [0.29, 0.717) is 6.61 Å². The van der Waals surface area contributed by atoms with Gasteiger partial charge in [0.2, 0.25) is 10.0 Å². The van der Waals surface area contributed by atoms with E-state index in [0.717, 1.165) is 34.3 Å². The first-order valence-electron chi connectivity index (χ1n) is 7.61. The van der Waals surface area contributed by atoms with Gasteiger partial charge in [0.1, 0.15) is 0 Å². The fraction of sp³-hybridized carbons (Fsp3) is 0.158. The summed E-state index contributed by atoms with van der Waals surface area (Å²) in [6.45, 7) is 0.594. The van der Waals surface area contributed by atoms with Crippen LogP contribution in [0.1, 0.15) is 23.1 Å². The van der Waals surface area contributed by atoms with E-state index in [9.17, 15) is 8.42 Å². The summed E-state index contributed by atoms with van der Waals surface area (Å²) in [5.74, 6) is 0. The maximum absolute atomic E-state index is 11.4. The fourth-order valence-corrected chi connectivity index (χ4v) is 3.35. The van der Waals surface area contributed by atoms with Crippen LogP contribution in [-0.2, 0) is 21.4 Å². The Morgan fingerprint density at radius 2 is 1.42 bits per heavy atom. The normalized spacial score (nSPS) is 14.4. The Hall–Kier alpha value is -2.21. The van der Waals surface area contributed by atoms with Gasteiger partial charge in [-0.15, -0.1) is 0 Å². The molecule has 0 amide bonds. The van der Waals surface area contributed by atoms with Crippen molar-refractivity contribution in [3.05, 3.63) is 77.4 Å². The molecule has 0 saturated carbocycles. The number of rotatable bonds is 5. The van der Waals surface area contributed by atoms with E-state index >= 15 is 0 Å². The predicted octanol–water partition coefficient (Wildman–Crippen LogP) is 3.35. The quantitative estimate of drug-likeness (QED) is 0.907. The second kappa shape index (κ2) is 6.73. The van der Waals surface area contributed by atoms with Crippen LogP contribution in [0.5, 0.6) is 0 Å². The van der Waals surface area contributed by atoms with Gasteiger partial charge in [0.05, 0.1) is 11.5 Å². The van der Waals surface area contributed by atoms with E-state index in [1.165, 1.54) is 0 Å².